The van der Waals surface area contributed by atoms with Gasteiger partial charge in [-0.1, -0.05) is 11.6 Å². The Bertz CT molecular complexity index is 1250. The summed E-state index contributed by atoms with van der Waals surface area (Å²) in [4.78, 5) is 21.2. The molecule has 4 aromatic rings. The minimum Gasteiger partial charge on any atom is -0.334 e. The largest absolute Gasteiger partial charge is 0.334 e. The third kappa shape index (κ3) is 4.39. The molecule has 8 nitrogen and oxygen atoms in total. The smallest absolute Gasteiger partial charge is 0.256 e. The topological polar surface area (TPSA) is 81.7 Å². The molecule has 1 fully saturated rings. The lowest BCUT2D eigenvalue weighted by Crippen LogP contribution is -2.46. The third-order valence-electron chi connectivity index (χ3n) is 5.93. The Morgan fingerprint density at radius 2 is 1.94 bits per heavy atom. The van der Waals surface area contributed by atoms with Gasteiger partial charge in [0.25, 0.3) is 5.91 Å². The van der Waals surface area contributed by atoms with E-state index in [1.165, 1.54) is 17.1 Å². The minimum absolute atomic E-state index is 0.0131. The lowest BCUT2D eigenvalue weighted by atomic mass is 9.99. The number of carbonyl (C=O) groups is 1. The van der Waals surface area contributed by atoms with Crippen molar-refractivity contribution >= 4 is 5.91 Å². The summed E-state index contributed by atoms with van der Waals surface area (Å²) in [5.74, 6) is -0.404. The molecule has 0 spiro atoms. The van der Waals surface area contributed by atoms with E-state index in [2.05, 4.69) is 20.3 Å². The van der Waals surface area contributed by atoms with E-state index in [9.17, 15) is 9.18 Å². The van der Waals surface area contributed by atoms with Gasteiger partial charge < -0.3 is 4.90 Å². The maximum absolute atomic E-state index is 13.7. The average molecular weight is 446 g/mol. The highest BCUT2D eigenvalue weighted by Crippen LogP contribution is 2.25. The number of piperidine rings is 1. The molecule has 0 aliphatic carbocycles. The lowest BCUT2D eigenvalue weighted by molar-refractivity contribution is 0.0583. The van der Waals surface area contributed by atoms with Crippen LogP contribution in [-0.4, -0.2) is 53.2 Å². The van der Waals surface area contributed by atoms with Crippen LogP contribution in [0.15, 0.2) is 61.2 Å². The van der Waals surface area contributed by atoms with Crippen molar-refractivity contribution in [1.82, 2.24) is 34.7 Å². The van der Waals surface area contributed by atoms with Gasteiger partial charge in [0.05, 0.1) is 48.1 Å². The van der Waals surface area contributed by atoms with Gasteiger partial charge in [-0.15, -0.1) is 0 Å². The van der Waals surface area contributed by atoms with Crippen LogP contribution in [0.2, 0.25) is 0 Å². The number of carbonyl (C=O) groups excluding carboxylic acids is 1. The van der Waals surface area contributed by atoms with Crippen molar-refractivity contribution in [2.75, 3.05) is 6.54 Å². The Morgan fingerprint density at radius 1 is 1.09 bits per heavy atom. The molecule has 168 valence electrons. The summed E-state index contributed by atoms with van der Waals surface area (Å²) in [5.41, 5.74) is 3.56. The molecule has 33 heavy (non-hydrogen) atoms. The number of rotatable bonds is 5. The van der Waals surface area contributed by atoms with E-state index in [0.29, 0.717) is 35.7 Å². The van der Waals surface area contributed by atoms with Gasteiger partial charge in [0.15, 0.2) is 0 Å². The van der Waals surface area contributed by atoms with Crippen LogP contribution < -0.4 is 0 Å². The van der Waals surface area contributed by atoms with E-state index in [1.807, 2.05) is 47.0 Å². The summed E-state index contributed by atoms with van der Waals surface area (Å²) >= 11 is 0. The number of aryl methyl sites for hydroxylation is 1. The zero-order chi connectivity index (χ0) is 22.8. The van der Waals surface area contributed by atoms with E-state index < -0.39 is 0 Å². The molecule has 1 amide bonds. The number of benzene rings is 1. The van der Waals surface area contributed by atoms with Crippen LogP contribution in [0.1, 0.15) is 35.2 Å². The molecule has 3 aromatic heterocycles. The SMILES string of the molecule is Cc1ccc(-n2nccn2)c(C(=O)N2CCCC[C@@H]2Cn2ccc(-c3ccc(F)cn3)n2)c1. The number of nitrogens with zero attached hydrogens (tertiary/aromatic N) is 7. The lowest BCUT2D eigenvalue weighted by Gasteiger charge is -2.36. The fourth-order valence-corrected chi connectivity index (χ4v) is 4.29. The number of halogens is 1. The van der Waals surface area contributed by atoms with Gasteiger partial charge in [-0.2, -0.15) is 20.1 Å². The first kappa shape index (κ1) is 21.0. The molecule has 1 aromatic carbocycles. The summed E-state index contributed by atoms with van der Waals surface area (Å²) in [7, 11) is 0. The molecule has 0 saturated carbocycles. The fraction of sp³-hybridized carbons (Fsp3) is 0.292. The van der Waals surface area contributed by atoms with Crippen molar-refractivity contribution in [3.05, 3.63) is 78.1 Å². The predicted molar refractivity (Wildman–Crippen MR) is 120 cm³/mol. The van der Waals surface area contributed by atoms with Crippen LogP contribution in [0.3, 0.4) is 0 Å². The maximum Gasteiger partial charge on any atom is 0.256 e. The monoisotopic (exact) mass is 445 g/mol. The highest BCUT2D eigenvalue weighted by atomic mass is 19.1. The number of aromatic nitrogens is 6. The van der Waals surface area contributed by atoms with Crippen molar-refractivity contribution < 1.29 is 9.18 Å². The van der Waals surface area contributed by atoms with Gasteiger partial charge in [0.2, 0.25) is 0 Å². The molecule has 0 radical (unpaired) electrons. The molecule has 9 heteroatoms. The van der Waals surface area contributed by atoms with Crippen LogP contribution in [0.25, 0.3) is 17.1 Å². The summed E-state index contributed by atoms with van der Waals surface area (Å²) < 4.78 is 15.0. The highest BCUT2D eigenvalue weighted by Gasteiger charge is 2.30. The number of likely N-dealkylation sites (tertiary alicyclic amines) is 1. The molecule has 1 saturated heterocycles. The number of hydrogen-bond donors (Lipinski definition) is 0. The number of hydrogen-bond acceptors (Lipinski definition) is 5. The molecular formula is C24H24FN7O. The molecule has 4 heterocycles. The Morgan fingerprint density at radius 3 is 2.73 bits per heavy atom. The standard InChI is InChI=1S/C24H24FN7O/c1-17-5-8-23(32-27-10-11-28-32)20(14-17)24(33)31-12-3-2-4-19(31)16-30-13-9-22(29-30)21-7-6-18(25)15-26-21/h5-11,13-15,19H,2-4,12,16H2,1H3/t19-/m1/s1. The van der Waals surface area contributed by atoms with Crippen LogP contribution in [-0.2, 0) is 6.54 Å². The van der Waals surface area contributed by atoms with Crippen LogP contribution in [0, 0.1) is 12.7 Å². The van der Waals surface area contributed by atoms with Gasteiger partial charge in [-0.3, -0.25) is 14.5 Å². The van der Waals surface area contributed by atoms with Gasteiger partial charge in [-0.05, 0) is 56.5 Å². The van der Waals surface area contributed by atoms with E-state index in [1.54, 1.807) is 18.5 Å². The quantitative estimate of drug-likeness (QED) is 0.468. The highest BCUT2D eigenvalue weighted by molar-refractivity contribution is 5.98. The molecule has 0 unspecified atom stereocenters. The van der Waals surface area contributed by atoms with Crippen LogP contribution >= 0.6 is 0 Å². The first-order chi connectivity index (χ1) is 16.1. The van der Waals surface area contributed by atoms with E-state index >= 15 is 0 Å². The minimum atomic E-state index is -0.379. The average Bonchev–Trinajstić information content (AvgIpc) is 3.52. The molecule has 1 aliphatic rings. The second kappa shape index (κ2) is 8.93. The first-order valence-electron chi connectivity index (χ1n) is 11.0. The van der Waals surface area contributed by atoms with E-state index in [4.69, 9.17) is 0 Å². The number of pyridine rings is 1. The Hall–Kier alpha value is -3.88. The molecule has 5 rings (SSSR count). The maximum atomic E-state index is 13.7. The van der Waals surface area contributed by atoms with Crippen LogP contribution in [0.4, 0.5) is 4.39 Å². The summed E-state index contributed by atoms with van der Waals surface area (Å²) in [6.07, 6.45) is 9.19. The molecule has 1 aliphatic heterocycles. The zero-order valence-corrected chi connectivity index (χ0v) is 18.3. The van der Waals surface area contributed by atoms with Gasteiger partial charge in [-0.25, -0.2) is 4.39 Å². The predicted octanol–water partition coefficient (Wildman–Crippen LogP) is 3.67. The molecular weight excluding hydrogens is 421 g/mol. The van der Waals surface area contributed by atoms with Gasteiger partial charge >= 0.3 is 0 Å². The summed E-state index contributed by atoms with van der Waals surface area (Å²) in [6, 6.07) is 10.6. The van der Waals surface area contributed by atoms with Crippen molar-refractivity contribution in [3.8, 4) is 17.1 Å². The first-order valence-corrected chi connectivity index (χ1v) is 11.0. The molecule has 0 N–H and O–H groups in total. The molecule has 0 bridgehead atoms. The Kier molecular flexibility index (Phi) is 5.68. The fourth-order valence-electron chi connectivity index (χ4n) is 4.29. The Labute approximate surface area is 190 Å². The van der Waals surface area contributed by atoms with Crippen molar-refractivity contribution in [3.63, 3.8) is 0 Å². The zero-order valence-electron chi connectivity index (χ0n) is 18.3. The second-order valence-corrected chi connectivity index (χ2v) is 8.27. The van der Waals surface area contributed by atoms with Gasteiger partial charge in [0.1, 0.15) is 11.5 Å². The van der Waals surface area contributed by atoms with Crippen LogP contribution in [0.5, 0.6) is 0 Å². The van der Waals surface area contributed by atoms with Gasteiger partial charge in [0, 0.05) is 12.7 Å². The molecule has 1 atom stereocenters. The second-order valence-electron chi connectivity index (χ2n) is 8.27. The van der Waals surface area contributed by atoms with E-state index in [-0.39, 0.29) is 17.8 Å². The third-order valence-corrected chi connectivity index (χ3v) is 5.93. The summed E-state index contributed by atoms with van der Waals surface area (Å²) in [5, 5.41) is 13.1. The number of amides is 1. The van der Waals surface area contributed by atoms with Crippen molar-refractivity contribution in [1.29, 1.82) is 0 Å². The van der Waals surface area contributed by atoms with Crippen molar-refractivity contribution in [2.45, 2.75) is 38.8 Å². The van der Waals surface area contributed by atoms with E-state index in [0.717, 1.165) is 24.8 Å². The normalized spacial score (nSPS) is 16.2. The summed E-state index contributed by atoms with van der Waals surface area (Å²) in [6.45, 7) is 3.24. The Balaban J connectivity index is 1.39. The van der Waals surface area contributed by atoms with Crippen molar-refractivity contribution in [2.24, 2.45) is 0 Å².